The largest absolute Gasteiger partial charge is 0.325 e. The van der Waals surface area contributed by atoms with Crippen molar-refractivity contribution in [3.05, 3.63) is 29.8 Å². The molecule has 0 bridgehead atoms. The average Bonchev–Trinajstić information content (AvgIpc) is 2.28. The van der Waals surface area contributed by atoms with Gasteiger partial charge in [-0.3, -0.25) is 9.59 Å². The van der Waals surface area contributed by atoms with Crippen molar-refractivity contribution in [3.63, 3.8) is 0 Å². The number of nitrogens with one attached hydrogen (secondary N) is 1. The van der Waals surface area contributed by atoms with Crippen LogP contribution in [0.25, 0.3) is 0 Å². The third kappa shape index (κ3) is 3.17. The molecule has 4 nitrogen and oxygen atoms in total. The number of anilines is 1. The smallest absolute Gasteiger partial charge is 0.241 e. The molecule has 0 radical (unpaired) electrons. The van der Waals surface area contributed by atoms with E-state index < -0.39 is 6.04 Å². The lowest BCUT2D eigenvalue weighted by Crippen LogP contribution is -2.34. The Morgan fingerprint density at radius 1 is 1.44 bits per heavy atom. The summed E-state index contributed by atoms with van der Waals surface area (Å²) in [6, 6.07) is 6.29. The Morgan fingerprint density at radius 3 is 2.69 bits per heavy atom. The van der Waals surface area contributed by atoms with Crippen LogP contribution in [0.5, 0.6) is 0 Å². The Morgan fingerprint density at radius 2 is 2.12 bits per heavy atom. The van der Waals surface area contributed by atoms with Gasteiger partial charge in [0.25, 0.3) is 0 Å². The van der Waals surface area contributed by atoms with Crippen molar-refractivity contribution in [1.29, 1.82) is 0 Å². The van der Waals surface area contributed by atoms with Gasteiger partial charge in [0.2, 0.25) is 5.91 Å². The summed E-state index contributed by atoms with van der Waals surface area (Å²) in [4.78, 5) is 22.6. The van der Waals surface area contributed by atoms with Crippen LogP contribution in [0.2, 0.25) is 0 Å². The van der Waals surface area contributed by atoms with Crippen LogP contribution in [-0.2, 0) is 4.79 Å². The van der Waals surface area contributed by atoms with Crippen LogP contribution in [0.15, 0.2) is 24.3 Å². The molecule has 0 aliphatic heterocycles. The average molecular weight is 220 g/mol. The topological polar surface area (TPSA) is 72.2 Å². The summed E-state index contributed by atoms with van der Waals surface area (Å²) in [5.74, 6) is -0.265. The van der Waals surface area contributed by atoms with Crippen LogP contribution in [0.3, 0.4) is 0 Å². The van der Waals surface area contributed by atoms with Crippen LogP contribution >= 0.6 is 0 Å². The minimum absolute atomic E-state index is 0.0316. The maximum atomic E-state index is 11.5. The molecule has 0 saturated carbocycles. The molecular formula is C12H16N2O2. The third-order valence-corrected chi connectivity index (χ3v) is 2.31. The standard InChI is InChI=1S/C12H16N2O2/c1-3-11(13)12(16)14-10-6-4-5-9(7-10)8(2)15/h4-7,11H,3,13H2,1-2H3,(H,14,16)/t11-/m1/s1. The normalized spacial score (nSPS) is 11.9. The summed E-state index contributed by atoms with van der Waals surface area (Å²) < 4.78 is 0. The quantitative estimate of drug-likeness (QED) is 0.756. The van der Waals surface area contributed by atoms with Gasteiger partial charge in [0, 0.05) is 11.3 Å². The molecule has 3 N–H and O–H groups in total. The summed E-state index contributed by atoms with van der Waals surface area (Å²) in [6.07, 6.45) is 0.582. The van der Waals surface area contributed by atoms with E-state index in [0.29, 0.717) is 17.7 Å². The second kappa shape index (κ2) is 5.42. The molecule has 0 aliphatic rings. The molecule has 0 heterocycles. The van der Waals surface area contributed by atoms with E-state index in [1.807, 2.05) is 6.92 Å². The highest BCUT2D eigenvalue weighted by atomic mass is 16.2. The Bertz CT molecular complexity index is 402. The van der Waals surface area contributed by atoms with E-state index in [9.17, 15) is 9.59 Å². The minimum atomic E-state index is -0.513. The Balaban J connectivity index is 2.78. The van der Waals surface area contributed by atoms with Gasteiger partial charge in [0.1, 0.15) is 0 Å². The Labute approximate surface area is 94.8 Å². The number of benzene rings is 1. The summed E-state index contributed by atoms with van der Waals surface area (Å²) in [5.41, 5.74) is 6.75. The van der Waals surface area contributed by atoms with Gasteiger partial charge >= 0.3 is 0 Å². The van der Waals surface area contributed by atoms with Crippen molar-refractivity contribution in [3.8, 4) is 0 Å². The van der Waals surface area contributed by atoms with Crippen molar-refractivity contribution < 1.29 is 9.59 Å². The third-order valence-electron chi connectivity index (χ3n) is 2.31. The molecule has 0 fully saturated rings. The van der Waals surface area contributed by atoms with E-state index in [1.165, 1.54) is 6.92 Å². The van der Waals surface area contributed by atoms with E-state index >= 15 is 0 Å². The highest BCUT2D eigenvalue weighted by Gasteiger charge is 2.11. The zero-order valence-electron chi connectivity index (χ0n) is 9.49. The number of amides is 1. The Kier molecular flexibility index (Phi) is 4.19. The second-order valence-electron chi connectivity index (χ2n) is 3.64. The minimum Gasteiger partial charge on any atom is -0.325 e. The maximum Gasteiger partial charge on any atom is 0.241 e. The molecule has 4 heteroatoms. The highest BCUT2D eigenvalue weighted by Crippen LogP contribution is 2.11. The molecule has 0 aliphatic carbocycles. The number of rotatable bonds is 4. The molecule has 86 valence electrons. The predicted molar refractivity (Wildman–Crippen MR) is 63.3 cm³/mol. The van der Waals surface area contributed by atoms with Crippen molar-refractivity contribution in [2.45, 2.75) is 26.3 Å². The predicted octanol–water partition coefficient (Wildman–Crippen LogP) is 1.56. The van der Waals surface area contributed by atoms with Crippen LogP contribution in [0.4, 0.5) is 5.69 Å². The molecule has 1 rings (SSSR count). The fourth-order valence-electron chi connectivity index (χ4n) is 1.24. The number of carbonyl (C=O) groups excluding carboxylic acids is 2. The van der Waals surface area contributed by atoms with Gasteiger partial charge in [0.15, 0.2) is 5.78 Å². The SMILES string of the molecule is CC[C@@H](N)C(=O)Nc1cccc(C(C)=O)c1. The van der Waals surface area contributed by atoms with E-state index in [1.54, 1.807) is 24.3 Å². The second-order valence-corrected chi connectivity index (χ2v) is 3.64. The first kappa shape index (κ1) is 12.4. The monoisotopic (exact) mass is 220 g/mol. The summed E-state index contributed by atoms with van der Waals surface area (Å²) in [7, 11) is 0. The lowest BCUT2D eigenvalue weighted by Gasteiger charge is -2.10. The van der Waals surface area contributed by atoms with Crippen molar-refractivity contribution in [1.82, 2.24) is 0 Å². The van der Waals surface area contributed by atoms with Gasteiger partial charge in [-0.25, -0.2) is 0 Å². The van der Waals surface area contributed by atoms with Crippen molar-refractivity contribution in [2.75, 3.05) is 5.32 Å². The van der Waals surface area contributed by atoms with Crippen LogP contribution < -0.4 is 11.1 Å². The molecule has 1 atom stereocenters. The van der Waals surface area contributed by atoms with Gasteiger partial charge < -0.3 is 11.1 Å². The lowest BCUT2D eigenvalue weighted by atomic mass is 10.1. The molecule has 0 unspecified atom stereocenters. The fourth-order valence-corrected chi connectivity index (χ4v) is 1.24. The van der Waals surface area contributed by atoms with Crippen LogP contribution in [-0.4, -0.2) is 17.7 Å². The van der Waals surface area contributed by atoms with Crippen LogP contribution in [0.1, 0.15) is 30.6 Å². The number of carbonyl (C=O) groups is 2. The number of nitrogens with two attached hydrogens (primary N) is 1. The first-order valence-electron chi connectivity index (χ1n) is 5.22. The summed E-state index contributed by atoms with van der Waals surface area (Å²) in [6.45, 7) is 3.33. The molecule has 1 aromatic carbocycles. The van der Waals surface area contributed by atoms with Gasteiger partial charge in [0.05, 0.1) is 6.04 Å². The molecule has 0 spiro atoms. The van der Waals surface area contributed by atoms with E-state index in [2.05, 4.69) is 5.32 Å². The zero-order chi connectivity index (χ0) is 12.1. The van der Waals surface area contributed by atoms with Gasteiger partial charge in [-0.1, -0.05) is 19.1 Å². The Hall–Kier alpha value is -1.68. The van der Waals surface area contributed by atoms with Crippen molar-refractivity contribution >= 4 is 17.4 Å². The molecule has 1 amide bonds. The van der Waals surface area contributed by atoms with Gasteiger partial charge in [-0.2, -0.15) is 0 Å². The van der Waals surface area contributed by atoms with E-state index in [0.717, 1.165) is 0 Å². The zero-order valence-corrected chi connectivity index (χ0v) is 9.49. The van der Waals surface area contributed by atoms with E-state index in [-0.39, 0.29) is 11.7 Å². The number of ketones is 1. The van der Waals surface area contributed by atoms with Gasteiger partial charge in [-0.15, -0.1) is 0 Å². The summed E-state index contributed by atoms with van der Waals surface area (Å²) in [5, 5.41) is 2.67. The number of Topliss-reactive ketones (excluding diaryl/α,β-unsaturated/α-hetero) is 1. The molecule has 1 aromatic rings. The molecule has 0 aromatic heterocycles. The highest BCUT2D eigenvalue weighted by molar-refractivity contribution is 5.98. The van der Waals surface area contributed by atoms with Crippen molar-refractivity contribution in [2.24, 2.45) is 5.73 Å². The number of hydrogen-bond donors (Lipinski definition) is 2. The first-order chi connectivity index (χ1) is 7.54. The van der Waals surface area contributed by atoms with E-state index in [4.69, 9.17) is 5.73 Å². The lowest BCUT2D eigenvalue weighted by molar-refractivity contribution is -0.117. The maximum absolute atomic E-state index is 11.5. The molecular weight excluding hydrogens is 204 g/mol. The van der Waals surface area contributed by atoms with Gasteiger partial charge in [-0.05, 0) is 25.5 Å². The molecule has 16 heavy (non-hydrogen) atoms. The first-order valence-corrected chi connectivity index (χ1v) is 5.22. The molecule has 0 saturated heterocycles. The van der Waals surface area contributed by atoms with Crippen LogP contribution in [0, 0.1) is 0 Å². The summed E-state index contributed by atoms with van der Waals surface area (Å²) >= 11 is 0. The fraction of sp³-hybridized carbons (Fsp3) is 0.333. The number of hydrogen-bond acceptors (Lipinski definition) is 3.